The first-order valence-electron chi connectivity index (χ1n) is 8.33. The van der Waals surface area contributed by atoms with E-state index in [0.717, 1.165) is 0 Å². The number of nitrogens with zero attached hydrogens (tertiary/aromatic N) is 4. The lowest BCUT2D eigenvalue weighted by Gasteiger charge is -2.30. The van der Waals surface area contributed by atoms with Gasteiger partial charge in [-0.2, -0.15) is 9.40 Å². The normalized spacial score (nSPS) is 24.9. The molecule has 1 fully saturated rings. The van der Waals surface area contributed by atoms with Gasteiger partial charge in [-0.1, -0.05) is 12.1 Å². The van der Waals surface area contributed by atoms with E-state index in [2.05, 4.69) is 5.10 Å². The summed E-state index contributed by atoms with van der Waals surface area (Å²) in [6.45, 7) is 1.03. The topological polar surface area (TPSA) is 84.7 Å². The molecule has 1 unspecified atom stereocenters. The van der Waals surface area contributed by atoms with Crippen LogP contribution in [0.2, 0.25) is 0 Å². The lowest BCUT2D eigenvalue weighted by Crippen LogP contribution is -2.48. The number of hydrogen-bond donors (Lipinski definition) is 0. The molecule has 1 aromatic heterocycles. The van der Waals surface area contributed by atoms with Crippen LogP contribution in [-0.2, 0) is 17.1 Å². The summed E-state index contributed by atoms with van der Waals surface area (Å²) in [6, 6.07) is 6.65. The Morgan fingerprint density at radius 1 is 1.23 bits per heavy atom. The van der Waals surface area contributed by atoms with E-state index >= 15 is 0 Å². The number of rotatable bonds is 1. The number of aromatic nitrogens is 2. The minimum Gasteiger partial charge on any atom is -0.483 e. The summed E-state index contributed by atoms with van der Waals surface area (Å²) in [5.41, 5.74) is -0.244. The first-order chi connectivity index (χ1) is 12.3. The summed E-state index contributed by atoms with van der Waals surface area (Å²) in [5, 5.41) is 4.04. The molecule has 0 N–H and O–H groups in total. The third-order valence-corrected chi connectivity index (χ3v) is 6.77. The second-order valence-corrected chi connectivity index (χ2v) is 8.89. The van der Waals surface area contributed by atoms with Gasteiger partial charge in [-0.15, -0.1) is 0 Å². The zero-order valence-corrected chi connectivity index (χ0v) is 15.4. The minimum absolute atomic E-state index is 0.124. The number of fused-ring (bicyclic) bond motifs is 1. The second kappa shape index (κ2) is 5.82. The number of para-hydroxylation sites is 1. The predicted octanol–water partition coefficient (Wildman–Crippen LogP) is 0.718. The first kappa shape index (κ1) is 17.0. The van der Waals surface area contributed by atoms with Crippen molar-refractivity contribution >= 4 is 15.9 Å². The molecule has 1 amide bonds. The van der Waals surface area contributed by atoms with Crippen molar-refractivity contribution in [3.8, 4) is 5.75 Å². The number of ether oxygens (including phenoxy) is 1. The van der Waals surface area contributed by atoms with Crippen LogP contribution in [0.3, 0.4) is 0 Å². The molecule has 3 heterocycles. The summed E-state index contributed by atoms with van der Waals surface area (Å²) in [7, 11) is -0.309. The van der Waals surface area contributed by atoms with Crippen molar-refractivity contribution in [1.29, 1.82) is 0 Å². The summed E-state index contributed by atoms with van der Waals surface area (Å²) >= 11 is 0. The molecule has 1 atom stereocenters. The van der Waals surface area contributed by atoms with Crippen LogP contribution in [0, 0.1) is 0 Å². The Kier molecular flexibility index (Phi) is 3.81. The summed E-state index contributed by atoms with van der Waals surface area (Å²) in [6.07, 6.45) is 3.77. The van der Waals surface area contributed by atoms with Gasteiger partial charge in [0.25, 0.3) is 5.91 Å². The van der Waals surface area contributed by atoms with E-state index in [1.165, 1.54) is 10.5 Å². The number of likely N-dealkylation sites (N-methyl/N-ethyl adjacent to an activating group) is 1. The molecule has 26 heavy (non-hydrogen) atoms. The zero-order valence-electron chi connectivity index (χ0n) is 14.6. The minimum atomic E-state index is -3.62. The molecule has 1 saturated heterocycles. The number of carbonyl (C=O) groups excluding carboxylic acids is 1. The highest BCUT2D eigenvalue weighted by Gasteiger charge is 2.47. The third kappa shape index (κ3) is 2.67. The highest BCUT2D eigenvalue weighted by molar-refractivity contribution is 7.89. The van der Waals surface area contributed by atoms with E-state index in [-0.39, 0.29) is 17.3 Å². The van der Waals surface area contributed by atoms with Crippen molar-refractivity contribution in [3.63, 3.8) is 0 Å². The second-order valence-electron chi connectivity index (χ2n) is 6.87. The fourth-order valence-electron chi connectivity index (χ4n) is 3.62. The van der Waals surface area contributed by atoms with Crippen LogP contribution in [0.4, 0.5) is 0 Å². The monoisotopic (exact) mass is 376 g/mol. The molecule has 2 aliphatic heterocycles. The van der Waals surface area contributed by atoms with Gasteiger partial charge < -0.3 is 9.64 Å². The number of sulfonamides is 1. The first-order valence-corrected chi connectivity index (χ1v) is 9.77. The van der Waals surface area contributed by atoms with Crippen molar-refractivity contribution in [1.82, 2.24) is 19.0 Å². The molecule has 138 valence electrons. The maximum Gasteiger partial charge on any atom is 0.257 e. The Balaban J connectivity index is 1.65. The average Bonchev–Trinajstić information content (AvgIpc) is 3.19. The zero-order chi connectivity index (χ0) is 18.5. The van der Waals surface area contributed by atoms with Crippen LogP contribution in [0.15, 0.2) is 41.6 Å². The third-order valence-electron chi connectivity index (χ3n) is 4.93. The smallest absolute Gasteiger partial charge is 0.257 e. The van der Waals surface area contributed by atoms with Gasteiger partial charge in [-0.3, -0.25) is 9.48 Å². The molecule has 1 aromatic carbocycles. The largest absolute Gasteiger partial charge is 0.483 e. The van der Waals surface area contributed by atoms with E-state index in [1.54, 1.807) is 54.1 Å². The Labute approximate surface area is 152 Å². The van der Waals surface area contributed by atoms with Crippen LogP contribution in [0.1, 0.15) is 16.8 Å². The number of carbonyl (C=O) groups is 1. The maximum absolute atomic E-state index is 12.8. The van der Waals surface area contributed by atoms with Crippen molar-refractivity contribution < 1.29 is 17.9 Å². The van der Waals surface area contributed by atoms with Crippen LogP contribution < -0.4 is 4.74 Å². The molecule has 2 aromatic rings. The molecule has 2 aliphatic rings. The number of aryl methyl sites for hydroxylation is 1. The molecule has 0 radical (unpaired) electrons. The number of amides is 1. The highest BCUT2D eigenvalue weighted by atomic mass is 32.2. The number of hydrogen-bond acceptors (Lipinski definition) is 5. The van der Waals surface area contributed by atoms with Crippen LogP contribution in [0.5, 0.6) is 5.75 Å². The Morgan fingerprint density at radius 3 is 2.73 bits per heavy atom. The van der Waals surface area contributed by atoms with E-state index in [0.29, 0.717) is 30.8 Å². The lowest BCUT2D eigenvalue weighted by atomic mass is 10.0. The van der Waals surface area contributed by atoms with E-state index in [4.69, 9.17) is 4.74 Å². The van der Waals surface area contributed by atoms with Gasteiger partial charge in [0.05, 0.1) is 24.8 Å². The average molecular weight is 376 g/mol. The van der Waals surface area contributed by atoms with Gasteiger partial charge in [0.1, 0.15) is 16.2 Å². The number of likely N-dealkylation sites (tertiary alicyclic amines) is 1. The molecule has 0 aliphatic carbocycles. The Bertz CT molecular complexity index is 971. The summed E-state index contributed by atoms with van der Waals surface area (Å²) in [4.78, 5) is 14.6. The van der Waals surface area contributed by atoms with Gasteiger partial charge in [-0.05, 0) is 12.1 Å². The predicted molar refractivity (Wildman–Crippen MR) is 93.3 cm³/mol. The standard InChI is InChI=1S/C17H20N4O4S/c1-19-10-13(9-18-19)16(22)21-8-7-17(12-21)11-20(2)26(23,24)15-6-4-3-5-14(15)25-17/h3-6,9-10H,7-8,11-12H2,1-2H3. The molecular formula is C17H20N4O4S. The van der Waals surface area contributed by atoms with Crippen LogP contribution >= 0.6 is 0 Å². The lowest BCUT2D eigenvalue weighted by molar-refractivity contribution is 0.0544. The van der Waals surface area contributed by atoms with Gasteiger partial charge in [0.15, 0.2) is 0 Å². The van der Waals surface area contributed by atoms with Crippen molar-refractivity contribution in [2.75, 3.05) is 26.7 Å². The quantitative estimate of drug-likeness (QED) is 0.732. The van der Waals surface area contributed by atoms with E-state index in [9.17, 15) is 13.2 Å². The molecule has 1 spiro atoms. The molecule has 8 nitrogen and oxygen atoms in total. The maximum atomic E-state index is 12.8. The molecule has 0 saturated carbocycles. The number of benzene rings is 1. The van der Waals surface area contributed by atoms with Gasteiger partial charge in [-0.25, -0.2) is 8.42 Å². The van der Waals surface area contributed by atoms with Gasteiger partial charge in [0, 0.05) is 33.3 Å². The van der Waals surface area contributed by atoms with Crippen molar-refractivity contribution in [2.45, 2.75) is 16.9 Å². The van der Waals surface area contributed by atoms with E-state index in [1.807, 2.05) is 0 Å². The molecule has 0 bridgehead atoms. The summed E-state index contributed by atoms with van der Waals surface area (Å²) in [5.74, 6) is 0.217. The molecular weight excluding hydrogens is 356 g/mol. The van der Waals surface area contributed by atoms with Crippen molar-refractivity contribution in [2.24, 2.45) is 7.05 Å². The summed E-state index contributed by atoms with van der Waals surface area (Å²) < 4.78 is 34.6. The fraction of sp³-hybridized carbons (Fsp3) is 0.412. The van der Waals surface area contributed by atoms with Gasteiger partial charge >= 0.3 is 0 Å². The molecule has 4 rings (SSSR count). The van der Waals surface area contributed by atoms with Crippen molar-refractivity contribution in [3.05, 3.63) is 42.2 Å². The molecule has 9 heteroatoms. The Hall–Kier alpha value is -2.39. The Morgan fingerprint density at radius 2 is 2.00 bits per heavy atom. The van der Waals surface area contributed by atoms with Crippen LogP contribution in [0.25, 0.3) is 0 Å². The SMILES string of the molecule is CN1CC2(CCN(C(=O)c3cnn(C)c3)C2)Oc2ccccc2S1(=O)=O. The van der Waals surface area contributed by atoms with E-state index < -0.39 is 15.6 Å². The fourth-order valence-corrected chi connectivity index (χ4v) is 4.97. The van der Waals surface area contributed by atoms with Crippen LogP contribution in [-0.4, -0.2) is 65.6 Å². The highest BCUT2D eigenvalue weighted by Crippen LogP contribution is 2.37. The van der Waals surface area contributed by atoms with Gasteiger partial charge in [0.2, 0.25) is 10.0 Å².